The van der Waals surface area contributed by atoms with Gasteiger partial charge in [0.25, 0.3) is 0 Å². The van der Waals surface area contributed by atoms with Gasteiger partial charge in [-0.2, -0.15) is 0 Å². The molecule has 2 heterocycles. The number of benzene rings is 1. The molecule has 128 valence electrons. The van der Waals surface area contributed by atoms with Crippen molar-refractivity contribution in [3.8, 4) is 0 Å². The van der Waals surface area contributed by atoms with Crippen molar-refractivity contribution in [2.75, 3.05) is 26.2 Å². The molecule has 2 atom stereocenters. The molecule has 2 fully saturated rings. The Morgan fingerprint density at radius 2 is 1.87 bits per heavy atom. The monoisotopic (exact) mass is 315 g/mol. The molecule has 2 nitrogen and oxygen atoms in total. The lowest BCUT2D eigenvalue weighted by atomic mass is 9.68. The van der Waals surface area contributed by atoms with E-state index >= 15 is 0 Å². The van der Waals surface area contributed by atoms with Crippen LogP contribution in [-0.4, -0.2) is 37.2 Å². The molecule has 0 radical (unpaired) electrons. The lowest BCUT2D eigenvalue weighted by molar-refractivity contribution is -0.0489. The van der Waals surface area contributed by atoms with Crippen LogP contribution in [0.2, 0.25) is 0 Å². The number of hydrogen-bond acceptors (Lipinski definition) is 2. The van der Waals surface area contributed by atoms with Gasteiger partial charge in [-0.15, -0.1) is 0 Å². The first-order chi connectivity index (χ1) is 11.2. The van der Waals surface area contributed by atoms with Gasteiger partial charge < -0.3 is 9.64 Å². The third-order valence-corrected chi connectivity index (χ3v) is 5.99. The summed E-state index contributed by atoms with van der Waals surface area (Å²) in [5, 5.41) is 0. The van der Waals surface area contributed by atoms with Gasteiger partial charge >= 0.3 is 0 Å². The fourth-order valence-electron chi connectivity index (χ4n) is 4.36. The predicted octanol–water partition coefficient (Wildman–Crippen LogP) is 4.64. The van der Waals surface area contributed by atoms with Crippen molar-refractivity contribution >= 4 is 0 Å². The summed E-state index contributed by atoms with van der Waals surface area (Å²) in [6.07, 6.45) is 8.24. The minimum Gasteiger partial charge on any atom is -0.378 e. The van der Waals surface area contributed by atoms with Crippen LogP contribution in [0, 0.1) is 5.92 Å². The smallest absolute Gasteiger partial charge is 0.0606 e. The molecule has 0 amide bonds. The second-order valence-electron chi connectivity index (χ2n) is 7.91. The minimum absolute atomic E-state index is 0.311. The quantitative estimate of drug-likeness (QED) is 0.785. The topological polar surface area (TPSA) is 12.5 Å². The Labute approximate surface area is 142 Å². The van der Waals surface area contributed by atoms with Crippen molar-refractivity contribution < 1.29 is 4.74 Å². The van der Waals surface area contributed by atoms with Crippen molar-refractivity contribution in [1.82, 2.24) is 4.90 Å². The Kier molecular flexibility index (Phi) is 5.76. The van der Waals surface area contributed by atoms with E-state index in [1.807, 2.05) is 0 Å². The molecular formula is C21H33NO. The zero-order chi connectivity index (χ0) is 16.1. The van der Waals surface area contributed by atoms with Crippen molar-refractivity contribution in [2.24, 2.45) is 5.92 Å². The van der Waals surface area contributed by atoms with Crippen molar-refractivity contribution in [3.05, 3.63) is 35.9 Å². The summed E-state index contributed by atoms with van der Waals surface area (Å²) in [4.78, 5) is 2.69. The molecule has 0 unspecified atom stereocenters. The van der Waals surface area contributed by atoms with Gasteiger partial charge in [-0.3, -0.25) is 0 Å². The molecular weight excluding hydrogens is 282 g/mol. The molecule has 1 aromatic carbocycles. The van der Waals surface area contributed by atoms with Gasteiger partial charge in [-0.1, -0.05) is 50.6 Å². The summed E-state index contributed by atoms with van der Waals surface area (Å²) < 4.78 is 6.09. The van der Waals surface area contributed by atoms with Gasteiger partial charge in [-0.25, -0.2) is 0 Å². The largest absolute Gasteiger partial charge is 0.378 e. The maximum Gasteiger partial charge on any atom is 0.0606 e. The normalized spacial score (nSPS) is 29.8. The number of rotatable bonds is 5. The summed E-state index contributed by atoms with van der Waals surface area (Å²) in [5.41, 5.74) is 1.84. The molecule has 0 bridgehead atoms. The van der Waals surface area contributed by atoms with Crippen molar-refractivity contribution in [3.63, 3.8) is 0 Å². The third-order valence-electron chi connectivity index (χ3n) is 5.99. The molecule has 0 saturated carbocycles. The number of likely N-dealkylation sites (tertiary alicyclic amines) is 1. The van der Waals surface area contributed by atoms with E-state index in [0.717, 1.165) is 6.61 Å². The van der Waals surface area contributed by atoms with Crippen molar-refractivity contribution in [1.29, 1.82) is 0 Å². The predicted molar refractivity (Wildman–Crippen MR) is 96.8 cm³/mol. The molecule has 0 N–H and O–H groups in total. The van der Waals surface area contributed by atoms with Gasteiger partial charge in [0.05, 0.1) is 6.10 Å². The second kappa shape index (κ2) is 7.81. The number of nitrogens with zero attached hydrogens (tertiary/aromatic N) is 1. The van der Waals surface area contributed by atoms with E-state index in [1.165, 1.54) is 63.7 Å². The average Bonchev–Trinajstić information content (AvgIpc) is 2.62. The van der Waals surface area contributed by atoms with Crippen LogP contribution >= 0.6 is 0 Å². The second-order valence-corrected chi connectivity index (χ2v) is 7.91. The Hall–Kier alpha value is -0.860. The van der Waals surface area contributed by atoms with Crippen LogP contribution in [0.25, 0.3) is 0 Å². The number of hydrogen-bond donors (Lipinski definition) is 0. The molecule has 0 spiro atoms. The maximum absolute atomic E-state index is 6.09. The molecule has 2 heteroatoms. The summed E-state index contributed by atoms with van der Waals surface area (Å²) in [6.45, 7) is 9.37. The van der Waals surface area contributed by atoms with E-state index in [0.29, 0.717) is 17.4 Å². The lowest BCUT2D eigenvalue weighted by Crippen LogP contribution is -2.43. The van der Waals surface area contributed by atoms with E-state index in [9.17, 15) is 0 Å². The Morgan fingerprint density at radius 1 is 1.13 bits per heavy atom. The zero-order valence-electron chi connectivity index (χ0n) is 15.0. The number of piperidine rings is 1. The highest BCUT2D eigenvalue weighted by Gasteiger charge is 2.39. The summed E-state index contributed by atoms with van der Waals surface area (Å²) >= 11 is 0. The number of ether oxygens (including phenoxy) is 1. The zero-order valence-corrected chi connectivity index (χ0v) is 15.0. The lowest BCUT2D eigenvalue weighted by Gasteiger charge is -2.44. The third kappa shape index (κ3) is 4.16. The summed E-state index contributed by atoms with van der Waals surface area (Å²) in [7, 11) is 0. The van der Waals surface area contributed by atoms with E-state index in [-0.39, 0.29) is 0 Å². The van der Waals surface area contributed by atoms with Crippen LogP contribution in [0.5, 0.6) is 0 Å². The van der Waals surface area contributed by atoms with E-state index < -0.39 is 0 Å². The van der Waals surface area contributed by atoms with E-state index in [4.69, 9.17) is 4.74 Å². The maximum atomic E-state index is 6.09. The molecule has 2 aliphatic rings. The molecule has 2 saturated heterocycles. The van der Waals surface area contributed by atoms with Crippen LogP contribution in [-0.2, 0) is 10.2 Å². The van der Waals surface area contributed by atoms with Crippen LogP contribution in [0.4, 0.5) is 0 Å². The van der Waals surface area contributed by atoms with Crippen LogP contribution < -0.4 is 0 Å². The molecule has 0 aliphatic carbocycles. The fraction of sp³-hybridized carbons (Fsp3) is 0.714. The molecule has 0 aromatic heterocycles. The van der Waals surface area contributed by atoms with Gasteiger partial charge in [0.2, 0.25) is 0 Å². The molecule has 2 aliphatic heterocycles. The minimum atomic E-state index is 0.311. The molecule has 23 heavy (non-hydrogen) atoms. The fourth-order valence-corrected chi connectivity index (χ4v) is 4.36. The van der Waals surface area contributed by atoms with Gasteiger partial charge in [0.1, 0.15) is 0 Å². The Bertz CT molecular complexity index is 466. The highest BCUT2D eigenvalue weighted by atomic mass is 16.5. The first-order valence-electron chi connectivity index (χ1n) is 9.59. The SMILES string of the molecule is CC(C)[C@@H]1C[C@](CCN2CCCCC2)(c2ccccc2)CCO1. The standard InChI is InChI=1S/C21H33NO/c1-18(2)20-17-21(12-16-23-20,19-9-5-3-6-10-19)11-15-22-13-7-4-8-14-22/h3,5-6,9-10,18,20H,4,7-8,11-17H2,1-2H3/t20-,21+/m0/s1. The Morgan fingerprint density at radius 3 is 2.57 bits per heavy atom. The highest BCUT2D eigenvalue weighted by molar-refractivity contribution is 5.26. The van der Waals surface area contributed by atoms with Crippen LogP contribution in [0.15, 0.2) is 30.3 Å². The van der Waals surface area contributed by atoms with Gasteiger partial charge in [-0.05, 0) is 63.2 Å². The van der Waals surface area contributed by atoms with Crippen molar-refractivity contribution in [2.45, 2.75) is 63.9 Å². The molecule has 3 rings (SSSR count). The van der Waals surface area contributed by atoms with Crippen LogP contribution in [0.1, 0.15) is 57.9 Å². The van der Waals surface area contributed by atoms with E-state index in [2.05, 4.69) is 49.1 Å². The van der Waals surface area contributed by atoms with Gasteiger partial charge in [0, 0.05) is 12.0 Å². The molecule has 1 aromatic rings. The highest BCUT2D eigenvalue weighted by Crippen LogP contribution is 2.42. The summed E-state index contributed by atoms with van der Waals surface area (Å²) in [5.74, 6) is 0.605. The first-order valence-corrected chi connectivity index (χ1v) is 9.59. The Balaban J connectivity index is 1.75. The summed E-state index contributed by atoms with van der Waals surface area (Å²) in [6, 6.07) is 11.2. The van der Waals surface area contributed by atoms with E-state index in [1.54, 1.807) is 0 Å². The first kappa shape index (κ1) is 17.0. The van der Waals surface area contributed by atoms with Crippen LogP contribution in [0.3, 0.4) is 0 Å². The van der Waals surface area contributed by atoms with Gasteiger partial charge in [0.15, 0.2) is 0 Å². The average molecular weight is 316 g/mol.